The Balaban J connectivity index is 1.25. The molecule has 0 radical (unpaired) electrons. The highest BCUT2D eigenvalue weighted by atomic mass is 16.1. The second-order valence-corrected chi connectivity index (χ2v) is 11.2. The molecule has 2 aromatic heterocycles. The monoisotopic (exact) mass is 552 g/mol. The highest BCUT2D eigenvalue weighted by Crippen LogP contribution is 2.39. The summed E-state index contributed by atoms with van der Waals surface area (Å²) in [5.41, 5.74) is 10.1. The van der Waals surface area contributed by atoms with Crippen molar-refractivity contribution in [3.8, 4) is 0 Å². The number of Topliss-reactive ketones (excluding diaryl/α,β-unsaturated/α-hetero) is 1. The quantitative estimate of drug-likeness (QED) is 0.241. The van der Waals surface area contributed by atoms with Gasteiger partial charge in [-0.05, 0) is 55.6 Å². The summed E-state index contributed by atoms with van der Waals surface area (Å²) in [6.07, 6.45) is 4.90. The molecule has 2 aliphatic rings. The minimum atomic E-state index is -0.523. The molecule has 4 N–H and O–H groups in total. The van der Waals surface area contributed by atoms with E-state index in [1.165, 1.54) is 6.33 Å². The first kappa shape index (κ1) is 27.0. The summed E-state index contributed by atoms with van der Waals surface area (Å²) in [6.45, 7) is 5.09. The van der Waals surface area contributed by atoms with Crippen LogP contribution >= 0.6 is 0 Å². The van der Waals surface area contributed by atoms with E-state index in [1.807, 2.05) is 24.3 Å². The Kier molecular flexibility index (Phi) is 7.76. The van der Waals surface area contributed by atoms with Crippen molar-refractivity contribution in [1.82, 2.24) is 30.0 Å². The lowest BCUT2D eigenvalue weighted by molar-refractivity contribution is 0.0984. The maximum absolute atomic E-state index is 13.1. The highest BCUT2D eigenvalue weighted by Gasteiger charge is 2.26. The van der Waals surface area contributed by atoms with E-state index in [2.05, 4.69) is 54.5 Å². The molecule has 1 saturated heterocycles. The molecule has 2 aromatic carbocycles. The highest BCUT2D eigenvalue weighted by molar-refractivity contribution is 6.06. The predicted octanol–water partition coefficient (Wildman–Crippen LogP) is 3.55. The van der Waals surface area contributed by atoms with E-state index in [4.69, 9.17) is 5.73 Å². The maximum Gasteiger partial charge on any atom is 0.250 e. The van der Waals surface area contributed by atoms with E-state index in [0.29, 0.717) is 28.5 Å². The Hall–Kier alpha value is -4.15. The lowest BCUT2D eigenvalue weighted by atomic mass is 9.98. The Morgan fingerprint density at radius 2 is 1.88 bits per heavy atom. The minimum absolute atomic E-state index is 0.00743. The lowest BCUT2D eigenvalue weighted by Gasteiger charge is -2.33. The molecular formula is C31H36N8O2. The number of hydrogen-bond acceptors (Lipinski definition) is 8. The third kappa shape index (κ3) is 6.28. The predicted molar refractivity (Wildman–Crippen MR) is 158 cm³/mol. The van der Waals surface area contributed by atoms with Crippen LogP contribution in [0.5, 0.6) is 0 Å². The molecule has 10 heteroatoms. The largest absolute Gasteiger partial charge is 0.366 e. The molecule has 41 heavy (non-hydrogen) atoms. The van der Waals surface area contributed by atoms with Crippen molar-refractivity contribution >= 4 is 28.4 Å². The summed E-state index contributed by atoms with van der Waals surface area (Å²) in [6, 6.07) is 15.4. The summed E-state index contributed by atoms with van der Waals surface area (Å²) < 4.78 is 0. The zero-order valence-corrected chi connectivity index (χ0v) is 23.3. The average molecular weight is 553 g/mol. The van der Waals surface area contributed by atoms with Gasteiger partial charge in [-0.15, -0.1) is 0 Å². The molecule has 0 spiro atoms. The Morgan fingerprint density at radius 3 is 2.66 bits per heavy atom. The molecule has 3 heterocycles. The van der Waals surface area contributed by atoms with Gasteiger partial charge in [0.1, 0.15) is 17.8 Å². The van der Waals surface area contributed by atoms with E-state index in [-0.39, 0.29) is 18.2 Å². The first-order chi connectivity index (χ1) is 19.9. The summed E-state index contributed by atoms with van der Waals surface area (Å²) in [7, 11) is 2.16. The van der Waals surface area contributed by atoms with Crippen molar-refractivity contribution in [3.05, 3.63) is 82.9 Å². The van der Waals surface area contributed by atoms with Gasteiger partial charge in [-0.3, -0.25) is 14.7 Å². The number of ketones is 1. The zero-order valence-electron chi connectivity index (χ0n) is 23.3. The van der Waals surface area contributed by atoms with Gasteiger partial charge in [0.25, 0.3) is 5.91 Å². The van der Waals surface area contributed by atoms with Crippen LogP contribution in [0, 0.1) is 0 Å². The first-order valence-corrected chi connectivity index (χ1v) is 14.3. The maximum atomic E-state index is 13.1. The second kappa shape index (κ2) is 11.8. The average Bonchev–Trinajstić information content (AvgIpc) is 3.71. The number of likely N-dealkylation sites (N-methyl/N-ethyl adjacent to an activating group) is 1. The number of aromatic amines is 1. The van der Waals surface area contributed by atoms with Crippen LogP contribution in [-0.4, -0.2) is 81.4 Å². The number of carbonyl (C=O) groups is 2. The molecule has 1 unspecified atom stereocenters. The number of para-hydroxylation sites is 1. The van der Waals surface area contributed by atoms with E-state index >= 15 is 0 Å². The molecule has 10 nitrogen and oxygen atoms in total. The number of carbonyl (C=O) groups excluding carboxylic acids is 2. The van der Waals surface area contributed by atoms with Gasteiger partial charge < -0.3 is 20.9 Å². The van der Waals surface area contributed by atoms with Crippen LogP contribution in [0.25, 0.3) is 10.9 Å². The molecule has 0 bridgehead atoms. The van der Waals surface area contributed by atoms with Gasteiger partial charge in [0.15, 0.2) is 5.78 Å². The van der Waals surface area contributed by atoms with Crippen LogP contribution in [0.2, 0.25) is 0 Å². The van der Waals surface area contributed by atoms with E-state index in [1.54, 1.807) is 12.1 Å². The number of nitrogens with two attached hydrogens (primary N) is 1. The molecule has 1 atom stereocenters. The van der Waals surface area contributed by atoms with Gasteiger partial charge in [0.2, 0.25) is 0 Å². The van der Waals surface area contributed by atoms with Gasteiger partial charge in [-0.1, -0.05) is 30.3 Å². The van der Waals surface area contributed by atoms with Gasteiger partial charge in [-0.25, -0.2) is 9.97 Å². The second-order valence-electron chi connectivity index (χ2n) is 11.2. The number of piperazine rings is 1. The number of hydrogen-bond donors (Lipinski definition) is 3. The number of primary amides is 1. The molecule has 212 valence electrons. The number of fused-ring (bicyclic) bond motifs is 1. The molecule has 1 saturated carbocycles. The number of amides is 1. The Labute approximate surface area is 239 Å². The smallest absolute Gasteiger partial charge is 0.250 e. The Morgan fingerprint density at radius 1 is 1.07 bits per heavy atom. The van der Waals surface area contributed by atoms with Crippen LogP contribution in [0.15, 0.2) is 54.9 Å². The third-order valence-electron chi connectivity index (χ3n) is 8.19. The summed E-state index contributed by atoms with van der Waals surface area (Å²) in [5, 5.41) is 11.7. The number of anilines is 1. The molecule has 4 aromatic rings. The fourth-order valence-electron chi connectivity index (χ4n) is 5.55. The van der Waals surface area contributed by atoms with Gasteiger partial charge >= 0.3 is 0 Å². The lowest BCUT2D eigenvalue weighted by Crippen LogP contribution is -2.45. The standard InChI is InChI=1S/C31H36N8O2/c1-38-12-14-39(15-13-38)11-10-25(35-31-24-7-3-6-23(30(32)41)29(24)33-19-34-31)22-5-2-4-20(16-22)17-28(40)27-18-26(36-37-27)21-8-9-21/h2-7,16,18-19,21,25H,8-15,17H2,1H3,(H2,32,41)(H,36,37)(H,33,34,35). The molecule has 1 aliphatic heterocycles. The number of H-pyrrole nitrogens is 1. The molecule has 1 aliphatic carbocycles. The summed E-state index contributed by atoms with van der Waals surface area (Å²) >= 11 is 0. The molecular weight excluding hydrogens is 516 g/mol. The number of aromatic nitrogens is 4. The van der Waals surface area contributed by atoms with Crippen molar-refractivity contribution in [1.29, 1.82) is 0 Å². The number of rotatable bonds is 11. The van der Waals surface area contributed by atoms with Crippen molar-refractivity contribution in [3.63, 3.8) is 0 Å². The molecule has 2 fully saturated rings. The van der Waals surface area contributed by atoms with E-state index in [0.717, 1.165) is 74.2 Å². The third-order valence-corrected chi connectivity index (χ3v) is 8.19. The fraction of sp³-hybridized carbons (Fsp3) is 0.387. The van der Waals surface area contributed by atoms with Gasteiger partial charge in [0.05, 0.1) is 17.1 Å². The van der Waals surface area contributed by atoms with Crippen molar-refractivity contribution in [2.45, 2.75) is 37.6 Å². The number of nitrogens with zero attached hydrogens (tertiary/aromatic N) is 5. The molecule has 6 rings (SSSR count). The number of benzene rings is 2. The summed E-state index contributed by atoms with van der Waals surface area (Å²) in [5.74, 6) is 0.655. The van der Waals surface area contributed by atoms with Crippen LogP contribution in [-0.2, 0) is 6.42 Å². The summed E-state index contributed by atoms with van der Waals surface area (Å²) in [4.78, 5) is 38.8. The van der Waals surface area contributed by atoms with Crippen LogP contribution in [0.4, 0.5) is 5.82 Å². The van der Waals surface area contributed by atoms with Crippen LogP contribution in [0.1, 0.15) is 68.9 Å². The van der Waals surface area contributed by atoms with Crippen LogP contribution < -0.4 is 11.1 Å². The van der Waals surface area contributed by atoms with Gasteiger partial charge in [-0.2, -0.15) is 5.10 Å². The zero-order chi connectivity index (χ0) is 28.3. The molecule has 1 amide bonds. The van der Waals surface area contributed by atoms with Crippen LogP contribution in [0.3, 0.4) is 0 Å². The van der Waals surface area contributed by atoms with Crippen molar-refractivity contribution < 1.29 is 9.59 Å². The van der Waals surface area contributed by atoms with Crippen molar-refractivity contribution in [2.75, 3.05) is 45.1 Å². The normalized spacial score (nSPS) is 17.0. The minimum Gasteiger partial charge on any atom is -0.366 e. The van der Waals surface area contributed by atoms with E-state index < -0.39 is 5.91 Å². The fourth-order valence-corrected chi connectivity index (χ4v) is 5.55. The Bertz CT molecular complexity index is 1550. The first-order valence-electron chi connectivity index (χ1n) is 14.3. The number of nitrogens with one attached hydrogen (secondary N) is 2. The van der Waals surface area contributed by atoms with Gasteiger partial charge in [0, 0.05) is 56.1 Å². The van der Waals surface area contributed by atoms with E-state index in [9.17, 15) is 9.59 Å². The topological polar surface area (TPSA) is 133 Å². The SMILES string of the molecule is CN1CCN(CCC(Nc2ncnc3c(C(N)=O)cccc23)c2cccc(CC(=O)c3cc(C4CC4)[nH]n3)c2)CC1. The van der Waals surface area contributed by atoms with Crippen molar-refractivity contribution in [2.24, 2.45) is 5.73 Å².